The average Bonchev–Trinajstić information content (AvgIpc) is 2.13. The lowest BCUT2D eigenvalue weighted by Gasteiger charge is -2.31. The molecule has 16 heavy (non-hydrogen) atoms. The Balaban J connectivity index is 4.26. The fourth-order valence-electron chi connectivity index (χ4n) is 1.83. The molecule has 0 radical (unpaired) electrons. The van der Waals surface area contributed by atoms with Gasteiger partial charge >= 0.3 is 0 Å². The van der Waals surface area contributed by atoms with Crippen molar-refractivity contribution in [2.75, 3.05) is 20.3 Å². The topological polar surface area (TPSA) is 41.5 Å². The van der Waals surface area contributed by atoms with Crippen molar-refractivity contribution in [3.05, 3.63) is 0 Å². The maximum Gasteiger partial charge on any atom is 0.0618 e. The van der Waals surface area contributed by atoms with Gasteiger partial charge in [0.15, 0.2) is 0 Å². The molecule has 2 N–H and O–H groups in total. The Morgan fingerprint density at radius 2 is 1.81 bits per heavy atom. The van der Waals surface area contributed by atoms with Crippen LogP contribution in [0.5, 0.6) is 0 Å². The second-order valence-corrected chi connectivity index (χ2v) is 6.12. The Bertz CT molecular complexity index is 175. The van der Waals surface area contributed by atoms with E-state index in [0.29, 0.717) is 18.6 Å². The van der Waals surface area contributed by atoms with Crippen LogP contribution in [0.2, 0.25) is 0 Å². The van der Waals surface area contributed by atoms with Crippen LogP contribution in [-0.4, -0.2) is 37.5 Å². The fourth-order valence-corrected chi connectivity index (χ4v) is 1.83. The molecule has 0 amide bonds. The van der Waals surface area contributed by atoms with Gasteiger partial charge in [-0.3, -0.25) is 0 Å². The summed E-state index contributed by atoms with van der Waals surface area (Å²) in [6, 6.07) is 0.465. The monoisotopic (exact) mass is 231 g/mol. The molecule has 3 nitrogen and oxygen atoms in total. The van der Waals surface area contributed by atoms with Gasteiger partial charge in [-0.15, -0.1) is 0 Å². The highest BCUT2D eigenvalue weighted by atomic mass is 16.5. The van der Waals surface area contributed by atoms with E-state index in [1.54, 1.807) is 7.11 Å². The number of methoxy groups -OCH3 is 1. The number of rotatable bonds is 7. The summed E-state index contributed by atoms with van der Waals surface area (Å²) < 4.78 is 5.20. The van der Waals surface area contributed by atoms with E-state index >= 15 is 0 Å². The van der Waals surface area contributed by atoms with Crippen LogP contribution in [0.3, 0.4) is 0 Å². The molecule has 0 heterocycles. The second-order valence-electron chi connectivity index (χ2n) is 6.12. The summed E-state index contributed by atoms with van der Waals surface area (Å²) in [4.78, 5) is 0. The standard InChI is InChI=1S/C13H29NO2/c1-10(2)12(9-16-6)14-11(8-15)7-13(3,4)5/h10-12,14-15H,7-9H2,1-6H3. The summed E-state index contributed by atoms with van der Waals surface area (Å²) in [7, 11) is 1.72. The van der Waals surface area contributed by atoms with Crippen LogP contribution >= 0.6 is 0 Å². The quantitative estimate of drug-likeness (QED) is 0.704. The molecule has 0 fully saturated rings. The number of hydrogen-bond donors (Lipinski definition) is 2. The van der Waals surface area contributed by atoms with Crippen molar-refractivity contribution >= 4 is 0 Å². The summed E-state index contributed by atoms with van der Waals surface area (Å²) in [6.07, 6.45) is 0.969. The molecule has 2 atom stereocenters. The van der Waals surface area contributed by atoms with E-state index in [1.807, 2.05) is 0 Å². The smallest absolute Gasteiger partial charge is 0.0618 e. The van der Waals surface area contributed by atoms with E-state index < -0.39 is 0 Å². The number of aliphatic hydroxyl groups is 1. The minimum atomic E-state index is 0.155. The molecular weight excluding hydrogens is 202 g/mol. The van der Waals surface area contributed by atoms with E-state index in [-0.39, 0.29) is 18.1 Å². The van der Waals surface area contributed by atoms with Crippen molar-refractivity contribution in [3.8, 4) is 0 Å². The van der Waals surface area contributed by atoms with E-state index in [2.05, 4.69) is 39.9 Å². The third kappa shape index (κ3) is 7.20. The van der Waals surface area contributed by atoms with Crippen LogP contribution < -0.4 is 5.32 Å². The normalized spacial score (nSPS) is 16.5. The van der Waals surface area contributed by atoms with E-state index in [0.717, 1.165) is 6.42 Å². The van der Waals surface area contributed by atoms with E-state index in [4.69, 9.17) is 4.74 Å². The Kier molecular flexibility index (Phi) is 7.20. The molecule has 0 aromatic carbocycles. The lowest BCUT2D eigenvalue weighted by molar-refractivity contribution is 0.118. The highest BCUT2D eigenvalue weighted by Gasteiger charge is 2.22. The number of nitrogens with one attached hydrogen (secondary N) is 1. The first-order valence-corrected chi connectivity index (χ1v) is 6.16. The van der Waals surface area contributed by atoms with Gasteiger partial charge in [0.05, 0.1) is 13.2 Å². The molecule has 3 heteroatoms. The zero-order valence-electron chi connectivity index (χ0n) is 11.7. The van der Waals surface area contributed by atoms with Gasteiger partial charge in [-0.1, -0.05) is 34.6 Å². The summed E-state index contributed by atoms with van der Waals surface area (Å²) in [5.41, 5.74) is 0.231. The molecule has 0 aliphatic rings. The molecule has 0 saturated carbocycles. The highest BCUT2D eigenvalue weighted by molar-refractivity contribution is 4.79. The van der Waals surface area contributed by atoms with E-state index in [1.165, 1.54) is 0 Å². The number of ether oxygens (including phenoxy) is 1. The third-order valence-electron chi connectivity index (χ3n) is 2.68. The minimum Gasteiger partial charge on any atom is -0.395 e. The van der Waals surface area contributed by atoms with Crippen LogP contribution in [-0.2, 0) is 4.74 Å². The predicted octanol–water partition coefficient (Wildman–Crippen LogP) is 2.04. The second kappa shape index (κ2) is 7.25. The molecule has 98 valence electrons. The van der Waals surface area contributed by atoms with Gasteiger partial charge in [-0.05, 0) is 17.8 Å². The van der Waals surface area contributed by atoms with Crippen molar-refractivity contribution < 1.29 is 9.84 Å². The zero-order valence-corrected chi connectivity index (χ0v) is 11.7. The highest BCUT2D eigenvalue weighted by Crippen LogP contribution is 2.21. The molecular formula is C13H29NO2. The van der Waals surface area contributed by atoms with Crippen molar-refractivity contribution in [3.63, 3.8) is 0 Å². The molecule has 2 unspecified atom stereocenters. The van der Waals surface area contributed by atoms with Gasteiger partial charge in [0.2, 0.25) is 0 Å². The predicted molar refractivity (Wildman–Crippen MR) is 68.6 cm³/mol. The maximum absolute atomic E-state index is 9.38. The Morgan fingerprint density at radius 1 is 1.25 bits per heavy atom. The molecule has 0 bridgehead atoms. The molecule has 0 aromatic heterocycles. The molecule has 0 saturated heterocycles. The summed E-state index contributed by atoms with van der Waals surface area (Å²) in [6.45, 7) is 11.8. The first kappa shape index (κ1) is 15.9. The van der Waals surface area contributed by atoms with Crippen LogP contribution in [0.15, 0.2) is 0 Å². The van der Waals surface area contributed by atoms with Gasteiger partial charge < -0.3 is 15.2 Å². The molecule has 0 spiro atoms. The molecule has 0 rings (SSSR count). The van der Waals surface area contributed by atoms with Gasteiger partial charge in [-0.2, -0.15) is 0 Å². The summed E-state index contributed by atoms with van der Waals surface area (Å²) in [5, 5.41) is 12.9. The van der Waals surface area contributed by atoms with Crippen LogP contribution in [0, 0.1) is 11.3 Å². The lowest BCUT2D eigenvalue weighted by Crippen LogP contribution is -2.47. The van der Waals surface area contributed by atoms with Gasteiger partial charge in [0, 0.05) is 19.2 Å². The zero-order chi connectivity index (χ0) is 12.8. The van der Waals surface area contributed by atoms with Crippen LogP contribution in [0.4, 0.5) is 0 Å². The Labute approximate surface area is 101 Å². The van der Waals surface area contributed by atoms with Gasteiger partial charge in [-0.25, -0.2) is 0 Å². The minimum absolute atomic E-state index is 0.155. The Morgan fingerprint density at radius 3 is 2.12 bits per heavy atom. The maximum atomic E-state index is 9.38. The van der Waals surface area contributed by atoms with Crippen molar-refractivity contribution in [1.29, 1.82) is 0 Å². The van der Waals surface area contributed by atoms with Crippen molar-refractivity contribution in [2.24, 2.45) is 11.3 Å². The van der Waals surface area contributed by atoms with Crippen molar-refractivity contribution in [2.45, 2.75) is 53.1 Å². The van der Waals surface area contributed by atoms with Gasteiger partial charge in [0.25, 0.3) is 0 Å². The summed E-state index contributed by atoms with van der Waals surface area (Å²) in [5.74, 6) is 0.508. The van der Waals surface area contributed by atoms with Crippen LogP contribution in [0.1, 0.15) is 41.0 Å². The Hall–Kier alpha value is -0.120. The first-order valence-electron chi connectivity index (χ1n) is 6.16. The third-order valence-corrected chi connectivity index (χ3v) is 2.68. The molecule has 0 aliphatic heterocycles. The number of aliphatic hydroxyl groups excluding tert-OH is 1. The van der Waals surface area contributed by atoms with Crippen molar-refractivity contribution in [1.82, 2.24) is 5.32 Å². The molecule has 0 aliphatic carbocycles. The molecule has 0 aromatic rings. The SMILES string of the molecule is COCC(NC(CO)CC(C)(C)C)C(C)C. The number of hydrogen-bond acceptors (Lipinski definition) is 3. The first-order chi connectivity index (χ1) is 7.30. The van der Waals surface area contributed by atoms with Gasteiger partial charge in [0.1, 0.15) is 0 Å². The largest absolute Gasteiger partial charge is 0.395 e. The fraction of sp³-hybridized carbons (Fsp3) is 1.00. The summed E-state index contributed by atoms with van der Waals surface area (Å²) >= 11 is 0. The average molecular weight is 231 g/mol. The lowest BCUT2D eigenvalue weighted by atomic mass is 9.87. The van der Waals surface area contributed by atoms with E-state index in [9.17, 15) is 5.11 Å². The van der Waals surface area contributed by atoms with Crippen LogP contribution in [0.25, 0.3) is 0 Å².